The third-order valence-electron chi connectivity index (χ3n) is 8.58. The maximum Gasteiger partial charge on any atom is 0.271 e. The van der Waals surface area contributed by atoms with Crippen molar-refractivity contribution in [3.8, 4) is 11.3 Å². The van der Waals surface area contributed by atoms with E-state index < -0.39 is 6.10 Å². The Bertz CT molecular complexity index is 1740. The van der Waals surface area contributed by atoms with Gasteiger partial charge in [-0.25, -0.2) is 14.5 Å². The molecule has 1 aliphatic carbocycles. The van der Waals surface area contributed by atoms with Crippen molar-refractivity contribution in [2.75, 3.05) is 44.8 Å². The molecular formula is C32H36N8O3. The first-order valence-electron chi connectivity index (χ1n) is 14.9. The summed E-state index contributed by atoms with van der Waals surface area (Å²) in [4.78, 5) is 27.3. The molecule has 11 nitrogen and oxygen atoms in total. The number of amides is 1. The van der Waals surface area contributed by atoms with Gasteiger partial charge in [-0.15, -0.1) is 0 Å². The number of fused-ring (bicyclic) bond motifs is 2. The fourth-order valence-electron chi connectivity index (χ4n) is 5.93. The van der Waals surface area contributed by atoms with E-state index in [1.54, 1.807) is 10.7 Å². The van der Waals surface area contributed by atoms with Crippen molar-refractivity contribution in [2.24, 2.45) is 0 Å². The molecule has 1 aromatic carbocycles. The number of hydrogen-bond acceptors (Lipinski definition) is 8. The largest absolute Gasteiger partial charge is 0.391 e. The average molecular weight is 581 g/mol. The number of nitrogens with zero attached hydrogens (tertiary/aromatic N) is 7. The molecule has 222 valence electrons. The molecule has 1 unspecified atom stereocenters. The zero-order chi connectivity index (χ0) is 29.3. The van der Waals surface area contributed by atoms with Crippen LogP contribution in [0.3, 0.4) is 0 Å². The van der Waals surface area contributed by atoms with Crippen molar-refractivity contribution >= 4 is 28.3 Å². The quantitative estimate of drug-likeness (QED) is 0.274. The number of ether oxygens (including phenoxy) is 1. The Hall–Kier alpha value is -4.32. The van der Waals surface area contributed by atoms with Gasteiger partial charge in [-0.2, -0.15) is 5.10 Å². The number of nitrogens with one attached hydrogen (secondary N) is 1. The van der Waals surface area contributed by atoms with Gasteiger partial charge in [-0.1, -0.05) is 30.3 Å². The molecule has 11 heteroatoms. The van der Waals surface area contributed by atoms with E-state index >= 15 is 0 Å². The molecule has 0 spiro atoms. The van der Waals surface area contributed by atoms with E-state index in [1.165, 1.54) is 0 Å². The van der Waals surface area contributed by atoms with Crippen LogP contribution in [0, 0.1) is 0 Å². The number of hydrogen-bond donors (Lipinski definition) is 2. The number of aliphatic hydroxyl groups excluding tert-OH is 1. The highest BCUT2D eigenvalue weighted by Crippen LogP contribution is 2.33. The number of carbonyl (C=O) groups excluding carboxylic acids is 1. The molecule has 1 aliphatic heterocycles. The standard InChI is InChI=1S/C32H36N8O3/c1-37(20-22-6-3-2-4-7-22)27-18-26(36-40-28(19-34-31(27)40)32(42)35-25-9-10-29(25)41)24-21-39(30-23(24)8-5-11-33-30)13-12-38-14-16-43-17-15-38/h2-8,11,18-19,21,25,29,41H,9-10,12-17,20H2,1H3,(H,35,42)/t25-,29?/m0/s1. The van der Waals surface area contributed by atoms with Crippen molar-refractivity contribution in [1.82, 2.24) is 34.4 Å². The third kappa shape index (κ3) is 5.47. The monoisotopic (exact) mass is 580 g/mol. The molecule has 2 fully saturated rings. The number of pyridine rings is 1. The van der Waals surface area contributed by atoms with Gasteiger partial charge in [-0.3, -0.25) is 9.69 Å². The van der Waals surface area contributed by atoms with Crippen molar-refractivity contribution in [1.29, 1.82) is 0 Å². The molecular weight excluding hydrogens is 544 g/mol. The molecule has 7 rings (SSSR count). The van der Waals surface area contributed by atoms with Gasteiger partial charge in [-0.05, 0) is 36.6 Å². The van der Waals surface area contributed by atoms with E-state index in [2.05, 4.69) is 55.1 Å². The summed E-state index contributed by atoms with van der Waals surface area (Å²) >= 11 is 0. The Labute approximate surface area is 249 Å². The fourth-order valence-corrected chi connectivity index (χ4v) is 5.93. The first kappa shape index (κ1) is 27.5. The number of morpholine rings is 1. The number of anilines is 1. The molecule has 43 heavy (non-hydrogen) atoms. The Kier molecular flexibility index (Phi) is 7.52. The first-order valence-corrected chi connectivity index (χ1v) is 14.9. The highest BCUT2D eigenvalue weighted by atomic mass is 16.5. The number of aromatic nitrogens is 5. The molecule has 0 bridgehead atoms. The van der Waals surface area contributed by atoms with Crippen LogP contribution in [0.15, 0.2) is 67.1 Å². The van der Waals surface area contributed by atoms with Crippen LogP contribution in [0.25, 0.3) is 27.9 Å². The molecule has 2 N–H and O–H groups in total. The summed E-state index contributed by atoms with van der Waals surface area (Å²) in [6.45, 7) is 5.74. The molecule has 1 saturated carbocycles. The molecule has 1 amide bonds. The Morgan fingerprint density at radius 3 is 2.67 bits per heavy atom. The van der Waals surface area contributed by atoms with Gasteiger partial charge in [0.05, 0.1) is 42.9 Å². The zero-order valence-corrected chi connectivity index (χ0v) is 24.3. The van der Waals surface area contributed by atoms with Gasteiger partial charge in [0.2, 0.25) is 0 Å². The number of rotatable bonds is 9. The van der Waals surface area contributed by atoms with Crippen LogP contribution in [-0.4, -0.2) is 92.1 Å². The Morgan fingerprint density at radius 2 is 1.91 bits per heavy atom. The SMILES string of the molecule is CN(Cc1ccccc1)c1cc(-c2cn(CCN3CCOCC3)c3ncccc23)nn2c(C(=O)N[C@H]3CCC3O)cnc12. The van der Waals surface area contributed by atoms with Gasteiger partial charge < -0.3 is 24.6 Å². The molecule has 0 radical (unpaired) electrons. The van der Waals surface area contributed by atoms with Crippen LogP contribution >= 0.6 is 0 Å². The number of imidazole rings is 1. The summed E-state index contributed by atoms with van der Waals surface area (Å²) < 4.78 is 9.35. The summed E-state index contributed by atoms with van der Waals surface area (Å²) in [6, 6.07) is 16.1. The van der Waals surface area contributed by atoms with Crippen molar-refractivity contribution < 1.29 is 14.6 Å². The Balaban J connectivity index is 1.30. The van der Waals surface area contributed by atoms with Crippen LogP contribution in [0.4, 0.5) is 5.69 Å². The highest BCUT2D eigenvalue weighted by Gasteiger charge is 2.31. The maximum absolute atomic E-state index is 13.4. The molecule has 4 aromatic heterocycles. The van der Waals surface area contributed by atoms with Crippen LogP contribution in [0.5, 0.6) is 0 Å². The van der Waals surface area contributed by atoms with Crippen LogP contribution < -0.4 is 10.2 Å². The Morgan fingerprint density at radius 1 is 1.07 bits per heavy atom. The molecule has 5 aromatic rings. The molecule has 1 saturated heterocycles. The zero-order valence-electron chi connectivity index (χ0n) is 24.3. The van der Waals surface area contributed by atoms with E-state index in [-0.39, 0.29) is 11.9 Å². The molecule has 2 aliphatic rings. The van der Waals surface area contributed by atoms with Crippen molar-refractivity contribution in [3.63, 3.8) is 0 Å². The summed E-state index contributed by atoms with van der Waals surface area (Å²) in [5, 5.41) is 19.0. The molecule has 5 heterocycles. The minimum Gasteiger partial charge on any atom is -0.391 e. The lowest BCUT2D eigenvalue weighted by Crippen LogP contribution is -2.50. The maximum atomic E-state index is 13.4. The smallest absolute Gasteiger partial charge is 0.271 e. The normalized spacial score (nSPS) is 19.0. The highest BCUT2D eigenvalue weighted by molar-refractivity contribution is 5.96. The van der Waals surface area contributed by atoms with Crippen LogP contribution in [0.2, 0.25) is 0 Å². The predicted octanol–water partition coefficient (Wildman–Crippen LogP) is 2.97. The van der Waals surface area contributed by atoms with Gasteiger partial charge in [0.1, 0.15) is 5.65 Å². The number of aliphatic hydroxyl groups is 1. The van der Waals surface area contributed by atoms with Crippen LogP contribution in [0.1, 0.15) is 28.9 Å². The van der Waals surface area contributed by atoms with Crippen molar-refractivity contribution in [3.05, 3.63) is 78.4 Å². The lowest BCUT2D eigenvalue weighted by Gasteiger charge is -2.32. The van der Waals surface area contributed by atoms with Gasteiger partial charge >= 0.3 is 0 Å². The summed E-state index contributed by atoms with van der Waals surface area (Å²) in [5.41, 5.74) is 5.50. The minimum atomic E-state index is -0.518. The van der Waals surface area contributed by atoms with E-state index in [0.29, 0.717) is 24.3 Å². The number of carbonyl (C=O) groups is 1. The van der Waals surface area contributed by atoms with Crippen LogP contribution in [-0.2, 0) is 17.8 Å². The van der Waals surface area contributed by atoms with Gasteiger partial charge in [0, 0.05) is 63.1 Å². The fraction of sp³-hybridized carbons (Fsp3) is 0.375. The second kappa shape index (κ2) is 11.8. The van der Waals surface area contributed by atoms with Crippen molar-refractivity contribution in [2.45, 2.75) is 38.1 Å². The predicted molar refractivity (Wildman–Crippen MR) is 164 cm³/mol. The summed E-state index contributed by atoms with van der Waals surface area (Å²) in [5.74, 6) is -0.299. The van der Waals surface area contributed by atoms with Gasteiger partial charge in [0.25, 0.3) is 5.91 Å². The first-order chi connectivity index (χ1) is 21.0. The third-order valence-corrected chi connectivity index (χ3v) is 8.58. The molecule has 2 atom stereocenters. The topological polar surface area (TPSA) is 113 Å². The van der Waals surface area contributed by atoms with E-state index in [0.717, 1.165) is 79.4 Å². The summed E-state index contributed by atoms with van der Waals surface area (Å²) in [7, 11) is 2.03. The van der Waals surface area contributed by atoms with E-state index in [9.17, 15) is 9.90 Å². The van der Waals surface area contributed by atoms with E-state index in [1.807, 2.05) is 37.5 Å². The average Bonchev–Trinajstić information content (AvgIpc) is 3.64. The second-order valence-corrected chi connectivity index (χ2v) is 11.4. The number of benzene rings is 1. The summed E-state index contributed by atoms with van der Waals surface area (Å²) in [6.07, 6.45) is 6.44. The van der Waals surface area contributed by atoms with E-state index in [4.69, 9.17) is 14.8 Å². The second-order valence-electron chi connectivity index (χ2n) is 11.4. The lowest BCUT2D eigenvalue weighted by atomic mass is 9.89. The minimum absolute atomic E-state index is 0.253. The lowest BCUT2D eigenvalue weighted by molar-refractivity contribution is 0.0365. The van der Waals surface area contributed by atoms with Gasteiger partial charge in [0.15, 0.2) is 11.3 Å².